The first-order valence-corrected chi connectivity index (χ1v) is 7.84. The lowest BCUT2D eigenvalue weighted by Crippen LogP contribution is -2.12. The van der Waals surface area contributed by atoms with Crippen LogP contribution in [0.25, 0.3) is 5.57 Å². The summed E-state index contributed by atoms with van der Waals surface area (Å²) in [4.78, 5) is 27.3. The van der Waals surface area contributed by atoms with Gasteiger partial charge in [0.1, 0.15) is 24.2 Å². The maximum Gasteiger partial charge on any atom is 0.339 e. The van der Waals surface area contributed by atoms with E-state index < -0.39 is 10.9 Å². The molecule has 0 heterocycles. The SMILES string of the molecule is CO/N=C(\c1cccc([N+](=O)[O-])c1)c1ccccc1/C(C(=O)O)=C(/C)OC. The highest BCUT2D eigenvalue weighted by Crippen LogP contribution is 2.27. The number of carbonyl (C=O) groups is 1. The molecule has 2 rings (SSSR count). The average molecular weight is 370 g/mol. The summed E-state index contributed by atoms with van der Waals surface area (Å²) >= 11 is 0. The molecular weight excluding hydrogens is 352 g/mol. The number of rotatable bonds is 7. The number of ether oxygens (including phenoxy) is 1. The maximum absolute atomic E-state index is 11.8. The van der Waals surface area contributed by atoms with Crippen molar-refractivity contribution in [1.29, 1.82) is 0 Å². The second-order valence-electron chi connectivity index (χ2n) is 5.42. The smallest absolute Gasteiger partial charge is 0.339 e. The number of aliphatic carboxylic acids is 1. The number of hydrogen-bond donors (Lipinski definition) is 1. The molecule has 8 heteroatoms. The summed E-state index contributed by atoms with van der Waals surface area (Å²) in [5.74, 6) is -0.955. The molecule has 0 saturated heterocycles. The second kappa shape index (κ2) is 8.61. The van der Waals surface area contributed by atoms with Gasteiger partial charge in [0.15, 0.2) is 0 Å². The molecule has 27 heavy (non-hydrogen) atoms. The molecule has 0 aliphatic carbocycles. The van der Waals surface area contributed by atoms with E-state index in [9.17, 15) is 20.0 Å². The fourth-order valence-electron chi connectivity index (χ4n) is 2.58. The number of nitrogens with zero attached hydrogens (tertiary/aromatic N) is 2. The summed E-state index contributed by atoms with van der Waals surface area (Å²) < 4.78 is 5.12. The summed E-state index contributed by atoms with van der Waals surface area (Å²) in [6.07, 6.45) is 0. The summed E-state index contributed by atoms with van der Waals surface area (Å²) in [7, 11) is 2.72. The van der Waals surface area contributed by atoms with Gasteiger partial charge in [0.2, 0.25) is 0 Å². The lowest BCUT2D eigenvalue weighted by Gasteiger charge is -2.14. The van der Waals surface area contributed by atoms with Gasteiger partial charge in [0.05, 0.1) is 12.0 Å². The van der Waals surface area contributed by atoms with Gasteiger partial charge in [0.25, 0.3) is 5.69 Å². The highest BCUT2D eigenvalue weighted by Gasteiger charge is 2.22. The van der Waals surface area contributed by atoms with Crippen LogP contribution in [0.4, 0.5) is 5.69 Å². The number of carboxylic acids is 1. The average Bonchev–Trinajstić information content (AvgIpc) is 2.66. The van der Waals surface area contributed by atoms with E-state index in [4.69, 9.17) is 9.57 Å². The largest absolute Gasteiger partial charge is 0.500 e. The molecular formula is C19H18N2O6. The van der Waals surface area contributed by atoms with Crippen molar-refractivity contribution in [3.63, 3.8) is 0 Å². The molecule has 0 unspecified atom stereocenters. The molecule has 0 spiro atoms. The predicted octanol–water partition coefficient (Wildman–Crippen LogP) is 3.46. The zero-order valence-electron chi connectivity index (χ0n) is 15.0. The quantitative estimate of drug-likeness (QED) is 0.263. The zero-order chi connectivity index (χ0) is 20.0. The molecule has 8 nitrogen and oxygen atoms in total. The van der Waals surface area contributed by atoms with E-state index in [0.29, 0.717) is 16.7 Å². The Labute approximate surface area is 155 Å². The third-order valence-corrected chi connectivity index (χ3v) is 3.84. The van der Waals surface area contributed by atoms with Crippen LogP contribution in [0.2, 0.25) is 0 Å². The molecule has 140 valence electrons. The lowest BCUT2D eigenvalue weighted by atomic mass is 9.92. The zero-order valence-corrected chi connectivity index (χ0v) is 15.0. The second-order valence-corrected chi connectivity index (χ2v) is 5.42. The van der Waals surface area contributed by atoms with Crippen molar-refractivity contribution in [3.05, 3.63) is 81.1 Å². The Bertz CT molecular complexity index is 933. The molecule has 0 atom stereocenters. The van der Waals surface area contributed by atoms with Gasteiger partial charge in [0, 0.05) is 28.8 Å². The minimum atomic E-state index is -1.17. The number of carboxylic acid groups (broad SMARTS) is 1. The fourth-order valence-corrected chi connectivity index (χ4v) is 2.58. The molecule has 2 aromatic carbocycles. The van der Waals surface area contributed by atoms with Crippen LogP contribution < -0.4 is 0 Å². The van der Waals surface area contributed by atoms with Gasteiger partial charge in [-0.15, -0.1) is 0 Å². The van der Waals surface area contributed by atoms with Crippen molar-refractivity contribution in [1.82, 2.24) is 0 Å². The Kier molecular flexibility index (Phi) is 6.27. The van der Waals surface area contributed by atoms with Crippen LogP contribution in [0, 0.1) is 10.1 Å². The minimum absolute atomic E-state index is 0.0395. The Morgan fingerprint density at radius 1 is 1.11 bits per heavy atom. The van der Waals surface area contributed by atoms with E-state index in [0.717, 1.165) is 0 Å². The summed E-state index contributed by atoms with van der Waals surface area (Å²) in [5.41, 5.74) is 1.32. The van der Waals surface area contributed by atoms with Crippen LogP contribution in [0.1, 0.15) is 23.6 Å². The summed E-state index contributed by atoms with van der Waals surface area (Å²) in [6.45, 7) is 1.54. The van der Waals surface area contributed by atoms with Crippen LogP contribution >= 0.6 is 0 Å². The normalized spacial score (nSPS) is 12.2. The van der Waals surface area contributed by atoms with E-state index >= 15 is 0 Å². The number of nitro benzene ring substituents is 1. The molecule has 0 aromatic heterocycles. The summed E-state index contributed by atoms with van der Waals surface area (Å²) in [5, 5.41) is 24.7. The predicted molar refractivity (Wildman–Crippen MR) is 99.4 cm³/mol. The van der Waals surface area contributed by atoms with Crippen LogP contribution in [-0.2, 0) is 14.4 Å². The molecule has 0 radical (unpaired) electrons. The number of allylic oxidation sites excluding steroid dienone is 1. The van der Waals surface area contributed by atoms with Gasteiger partial charge < -0.3 is 14.7 Å². The van der Waals surface area contributed by atoms with Gasteiger partial charge in [-0.2, -0.15) is 0 Å². The van der Waals surface area contributed by atoms with E-state index in [-0.39, 0.29) is 22.7 Å². The van der Waals surface area contributed by atoms with Crippen molar-refractivity contribution >= 4 is 22.9 Å². The van der Waals surface area contributed by atoms with Gasteiger partial charge in [-0.3, -0.25) is 10.1 Å². The third-order valence-electron chi connectivity index (χ3n) is 3.84. The van der Waals surface area contributed by atoms with E-state index in [1.54, 1.807) is 37.3 Å². The molecule has 1 N–H and O–H groups in total. The van der Waals surface area contributed by atoms with Crippen LogP contribution in [-0.4, -0.2) is 35.9 Å². The molecule has 0 bridgehead atoms. The van der Waals surface area contributed by atoms with E-state index in [1.165, 1.54) is 32.4 Å². The van der Waals surface area contributed by atoms with Gasteiger partial charge in [-0.1, -0.05) is 41.6 Å². The Hall–Kier alpha value is -3.68. The van der Waals surface area contributed by atoms with E-state index in [1.807, 2.05) is 0 Å². The maximum atomic E-state index is 11.8. The lowest BCUT2D eigenvalue weighted by molar-refractivity contribution is -0.384. The third kappa shape index (κ3) is 4.30. The van der Waals surface area contributed by atoms with Crippen molar-refractivity contribution in [3.8, 4) is 0 Å². The number of non-ortho nitro benzene ring substituents is 1. The summed E-state index contributed by atoms with van der Waals surface area (Å²) in [6, 6.07) is 12.5. The first kappa shape index (κ1) is 19.6. The van der Waals surface area contributed by atoms with Gasteiger partial charge >= 0.3 is 5.97 Å². The van der Waals surface area contributed by atoms with Crippen molar-refractivity contribution in [2.45, 2.75) is 6.92 Å². The van der Waals surface area contributed by atoms with E-state index in [2.05, 4.69) is 5.16 Å². The Balaban J connectivity index is 2.75. The fraction of sp³-hybridized carbons (Fsp3) is 0.158. The molecule has 2 aromatic rings. The molecule has 0 aliphatic rings. The Morgan fingerprint density at radius 3 is 2.33 bits per heavy atom. The number of hydrogen-bond acceptors (Lipinski definition) is 6. The van der Waals surface area contributed by atoms with Gasteiger partial charge in [-0.25, -0.2) is 4.79 Å². The topological polar surface area (TPSA) is 111 Å². The number of oxime groups is 1. The molecule has 0 fully saturated rings. The number of benzene rings is 2. The number of nitro groups is 1. The van der Waals surface area contributed by atoms with Gasteiger partial charge in [-0.05, 0) is 6.92 Å². The molecule has 0 amide bonds. The first-order valence-electron chi connectivity index (χ1n) is 7.84. The van der Waals surface area contributed by atoms with Crippen molar-refractivity contribution < 1.29 is 24.4 Å². The minimum Gasteiger partial charge on any atom is -0.500 e. The first-order chi connectivity index (χ1) is 12.9. The monoisotopic (exact) mass is 370 g/mol. The highest BCUT2D eigenvalue weighted by atomic mass is 16.6. The van der Waals surface area contributed by atoms with Crippen LogP contribution in [0.15, 0.2) is 59.4 Å². The van der Waals surface area contributed by atoms with Crippen molar-refractivity contribution in [2.75, 3.05) is 14.2 Å². The van der Waals surface area contributed by atoms with Crippen LogP contribution in [0.3, 0.4) is 0 Å². The highest BCUT2D eigenvalue weighted by molar-refractivity contribution is 6.22. The standard InChI is InChI=1S/C19H18N2O6/c1-12(26-2)17(19(22)23)15-9-4-5-10-16(15)18(20-27-3)13-7-6-8-14(11-13)21(24)25/h4-11H,1-3H3,(H,22,23)/b17-12+,20-18+. The Morgan fingerprint density at radius 2 is 1.78 bits per heavy atom. The van der Waals surface area contributed by atoms with Crippen LogP contribution in [0.5, 0.6) is 0 Å². The number of methoxy groups -OCH3 is 1. The van der Waals surface area contributed by atoms with Crippen molar-refractivity contribution in [2.24, 2.45) is 5.16 Å². The molecule has 0 saturated carbocycles. The molecule has 0 aliphatic heterocycles.